The topological polar surface area (TPSA) is 26.0 Å². The molecule has 2 unspecified atom stereocenters. The Bertz CT molecular complexity index is 670. The first-order valence-electron chi connectivity index (χ1n) is 7.32. The summed E-state index contributed by atoms with van der Waals surface area (Å²) >= 11 is 5.88. The Kier molecular flexibility index (Phi) is 3.76. The minimum atomic E-state index is -0.519. The molecule has 110 valence electrons. The Balaban J connectivity index is 2.02. The molecule has 2 N–H and O–H groups in total. The predicted molar refractivity (Wildman–Crippen MR) is 85.1 cm³/mol. The molecule has 1 aliphatic rings. The van der Waals surface area contributed by atoms with Crippen LogP contribution < -0.4 is 5.73 Å². The van der Waals surface area contributed by atoms with Gasteiger partial charge in [0.1, 0.15) is 5.82 Å². The maximum absolute atomic E-state index is 14.2. The molecule has 0 fully saturated rings. The minimum Gasteiger partial charge on any atom is -0.321 e. The Morgan fingerprint density at radius 1 is 1.24 bits per heavy atom. The summed E-state index contributed by atoms with van der Waals surface area (Å²) in [6.07, 6.45) is 2.36. The number of hydrogen-bond donors (Lipinski definition) is 1. The molecule has 2 aromatic rings. The van der Waals surface area contributed by atoms with Crippen LogP contribution in [0.3, 0.4) is 0 Å². The fourth-order valence-electron chi connectivity index (χ4n) is 3.35. The summed E-state index contributed by atoms with van der Waals surface area (Å²) in [6, 6.07) is 13.4. The lowest BCUT2D eigenvalue weighted by molar-refractivity contribution is 0.344. The quantitative estimate of drug-likeness (QED) is 0.849. The van der Waals surface area contributed by atoms with Crippen LogP contribution in [-0.2, 0) is 12.0 Å². The van der Waals surface area contributed by atoms with Crippen molar-refractivity contribution in [2.24, 2.45) is 5.73 Å². The second-order valence-corrected chi connectivity index (χ2v) is 6.48. The zero-order valence-corrected chi connectivity index (χ0v) is 12.8. The van der Waals surface area contributed by atoms with Crippen LogP contribution in [0.4, 0.5) is 4.39 Å². The fraction of sp³-hybridized carbons (Fsp3) is 0.333. The standard InChI is InChI=1S/C18H19ClFN/c1-12-9-10-18(21,15-7-3-2-6-14(12)15)11-13-5-4-8-16(19)17(13)20/h2-8,12H,9-11,21H2,1H3. The molecule has 1 aliphatic carbocycles. The predicted octanol–water partition coefficient (Wildman–Crippen LogP) is 4.77. The van der Waals surface area contributed by atoms with Crippen molar-refractivity contribution in [3.8, 4) is 0 Å². The van der Waals surface area contributed by atoms with E-state index in [2.05, 4.69) is 19.1 Å². The normalized spacial score (nSPS) is 24.7. The average Bonchev–Trinajstić information content (AvgIpc) is 2.49. The second-order valence-electron chi connectivity index (χ2n) is 6.07. The largest absolute Gasteiger partial charge is 0.321 e. The van der Waals surface area contributed by atoms with Crippen molar-refractivity contribution < 1.29 is 4.39 Å². The summed E-state index contributed by atoms with van der Waals surface area (Å²) in [5, 5.41) is 0.161. The molecular weight excluding hydrogens is 285 g/mol. The van der Waals surface area contributed by atoms with Crippen LogP contribution in [0.2, 0.25) is 5.02 Å². The van der Waals surface area contributed by atoms with Gasteiger partial charge in [0.05, 0.1) is 5.02 Å². The summed E-state index contributed by atoms with van der Waals surface area (Å²) in [4.78, 5) is 0. The summed E-state index contributed by atoms with van der Waals surface area (Å²) in [6.45, 7) is 2.22. The molecule has 21 heavy (non-hydrogen) atoms. The summed E-state index contributed by atoms with van der Waals surface area (Å²) in [5.74, 6) is 0.155. The highest BCUT2D eigenvalue weighted by molar-refractivity contribution is 6.30. The van der Waals surface area contributed by atoms with E-state index in [-0.39, 0.29) is 10.8 Å². The van der Waals surface area contributed by atoms with Gasteiger partial charge in [0.25, 0.3) is 0 Å². The van der Waals surface area contributed by atoms with Crippen molar-refractivity contribution in [2.75, 3.05) is 0 Å². The van der Waals surface area contributed by atoms with Crippen molar-refractivity contribution in [1.82, 2.24) is 0 Å². The molecule has 0 amide bonds. The number of hydrogen-bond acceptors (Lipinski definition) is 1. The molecule has 0 saturated carbocycles. The van der Waals surface area contributed by atoms with Crippen molar-refractivity contribution in [3.05, 3.63) is 70.0 Å². The average molecular weight is 304 g/mol. The molecule has 1 nitrogen and oxygen atoms in total. The van der Waals surface area contributed by atoms with Crippen LogP contribution in [0.25, 0.3) is 0 Å². The van der Waals surface area contributed by atoms with Crippen molar-refractivity contribution in [1.29, 1.82) is 0 Å². The van der Waals surface area contributed by atoms with Gasteiger partial charge in [-0.15, -0.1) is 0 Å². The molecule has 0 aromatic heterocycles. The van der Waals surface area contributed by atoms with E-state index in [0.717, 1.165) is 18.4 Å². The highest BCUT2D eigenvalue weighted by Gasteiger charge is 2.35. The van der Waals surface area contributed by atoms with E-state index in [1.54, 1.807) is 18.2 Å². The molecule has 2 aromatic carbocycles. The van der Waals surface area contributed by atoms with Gasteiger partial charge in [-0.05, 0) is 47.9 Å². The number of rotatable bonds is 2. The maximum Gasteiger partial charge on any atom is 0.145 e. The molecule has 0 heterocycles. The first-order valence-corrected chi connectivity index (χ1v) is 7.70. The van der Waals surface area contributed by atoms with Crippen LogP contribution in [0, 0.1) is 5.82 Å². The van der Waals surface area contributed by atoms with E-state index in [0.29, 0.717) is 17.9 Å². The van der Waals surface area contributed by atoms with Gasteiger partial charge in [0, 0.05) is 5.54 Å². The van der Waals surface area contributed by atoms with Gasteiger partial charge in [-0.3, -0.25) is 0 Å². The Morgan fingerprint density at radius 3 is 2.81 bits per heavy atom. The zero-order chi connectivity index (χ0) is 15.0. The monoisotopic (exact) mass is 303 g/mol. The zero-order valence-electron chi connectivity index (χ0n) is 12.1. The summed E-state index contributed by atoms with van der Waals surface area (Å²) in [5.41, 5.74) is 9.17. The summed E-state index contributed by atoms with van der Waals surface area (Å²) < 4.78 is 14.2. The van der Waals surface area contributed by atoms with Gasteiger partial charge in [0.15, 0.2) is 0 Å². The molecule has 0 spiro atoms. The molecule has 0 saturated heterocycles. The second kappa shape index (κ2) is 5.43. The third-order valence-corrected chi connectivity index (χ3v) is 4.88. The Morgan fingerprint density at radius 2 is 2.00 bits per heavy atom. The van der Waals surface area contributed by atoms with Gasteiger partial charge in [0.2, 0.25) is 0 Å². The lowest BCUT2D eigenvalue weighted by atomic mass is 9.70. The van der Waals surface area contributed by atoms with Gasteiger partial charge in [-0.2, -0.15) is 0 Å². The smallest absolute Gasteiger partial charge is 0.145 e. The van der Waals surface area contributed by atoms with E-state index >= 15 is 0 Å². The highest BCUT2D eigenvalue weighted by Crippen LogP contribution is 2.41. The lowest BCUT2D eigenvalue weighted by Crippen LogP contribution is -2.43. The molecule has 3 rings (SSSR count). The molecule has 0 radical (unpaired) electrons. The van der Waals surface area contributed by atoms with Crippen LogP contribution >= 0.6 is 11.6 Å². The minimum absolute atomic E-state index is 0.161. The number of benzene rings is 2. The number of fused-ring (bicyclic) bond motifs is 1. The molecule has 0 bridgehead atoms. The first kappa shape index (κ1) is 14.6. The highest BCUT2D eigenvalue weighted by atomic mass is 35.5. The molecule has 3 heteroatoms. The Labute approximate surface area is 129 Å². The van der Waals surface area contributed by atoms with Crippen LogP contribution in [0.15, 0.2) is 42.5 Å². The van der Waals surface area contributed by atoms with E-state index < -0.39 is 5.54 Å². The number of halogens is 2. The third-order valence-electron chi connectivity index (χ3n) is 4.59. The van der Waals surface area contributed by atoms with Crippen molar-refractivity contribution in [2.45, 2.75) is 37.6 Å². The Hall–Kier alpha value is -1.38. The van der Waals surface area contributed by atoms with E-state index in [9.17, 15) is 4.39 Å². The van der Waals surface area contributed by atoms with E-state index in [1.165, 1.54) is 5.56 Å². The summed E-state index contributed by atoms with van der Waals surface area (Å²) in [7, 11) is 0. The molecular formula is C18H19ClFN. The van der Waals surface area contributed by atoms with E-state index in [4.69, 9.17) is 17.3 Å². The van der Waals surface area contributed by atoms with Gasteiger partial charge in [-0.1, -0.05) is 54.9 Å². The lowest BCUT2D eigenvalue weighted by Gasteiger charge is -2.38. The fourth-order valence-corrected chi connectivity index (χ4v) is 3.55. The number of nitrogens with two attached hydrogens (primary N) is 1. The van der Waals surface area contributed by atoms with Crippen LogP contribution in [-0.4, -0.2) is 0 Å². The first-order chi connectivity index (χ1) is 10.0. The van der Waals surface area contributed by atoms with Gasteiger partial charge >= 0.3 is 0 Å². The van der Waals surface area contributed by atoms with Crippen LogP contribution in [0.5, 0.6) is 0 Å². The van der Waals surface area contributed by atoms with Crippen molar-refractivity contribution >= 4 is 11.6 Å². The molecule has 2 atom stereocenters. The maximum atomic E-state index is 14.2. The van der Waals surface area contributed by atoms with Crippen LogP contribution in [0.1, 0.15) is 42.4 Å². The molecule has 0 aliphatic heterocycles. The van der Waals surface area contributed by atoms with Gasteiger partial charge < -0.3 is 5.73 Å². The SMILES string of the molecule is CC1CCC(N)(Cc2cccc(Cl)c2F)c2ccccc21. The van der Waals surface area contributed by atoms with Gasteiger partial charge in [-0.25, -0.2) is 4.39 Å². The van der Waals surface area contributed by atoms with Crippen molar-refractivity contribution in [3.63, 3.8) is 0 Å². The third kappa shape index (κ3) is 2.58. The van der Waals surface area contributed by atoms with E-state index in [1.807, 2.05) is 12.1 Å².